The highest BCUT2D eigenvalue weighted by Gasteiger charge is 2.02. The Balaban J connectivity index is 1.96. The Morgan fingerprint density at radius 3 is 2.67 bits per heavy atom. The van der Waals surface area contributed by atoms with Crippen molar-refractivity contribution >= 4 is 27.5 Å². The summed E-state index contributed by atoms with van der Waals surface area (Å²) in [6.07, 6.45) is 1.51. The Hall–Kier alpha value is -1.00. The smallest absolute Gasteiger partial charge is 0.233 e. The third kappa shape index (κ3) is 2.97. The Kier molecular flexibility index (Phi) is 3.28. The first kappa shape index (κ1) is 10.5. The second-order valence-electron chi connectivity index (χ2n) is 2.81. The normalized spacial score (nSPS) is 10.3. The summed E-state index contributed by atoms with van der Waals surface area (Å²) in [4.78, 5) is 4.04. The molecular formula is C10H7BrClNO2. The maximum absolute atomic E-state index is 5.74. The molecule has 15 heavy (non-hydrogen) atoms. The molecule has 0 N–H and O–H groups in total. The minimum atomic E-state index is 0.299. The first-order chi connectivity index (χ1) is 7.24. The molecule has 0 radical (unpaired) electrons. The molecule has 0 aliphatic heterocycles. The third-order valence-corrected chi connectivity index (χ3v) is 2.32. The van der Waals surface area contributed by atoms with Crippen LogP contribution in [0.1, 0.15) is 5.89 Å². The molecule has 5 heteroatoms. The van der Waals surface area contributed by atoms with E-state index in [9.17, 15) is 0 Å². The van der Waals surface area contributed by atoms with Gasteiger partial charge in [-0.3, -0.25) is 0 Å². The second-order valence-corrected chi connectivity index (χ2v) is 4.06. The Morgan fingerprint density at radius 1 is 1.33 bits per heavy atom. The van der Waals surface area contributed by atoms with Gasteiger partial charge in [0.1, 0.15) is 16.6 Å². The fourth-order valence-corrected chi connectivity index (χ4v) is 1.45. The number of ether oxygens (including phenoxy) is 1. The molecule has 3 nitrogen and oxygen atoms in total. The van der Waals surface area contributed by atoms with Gasteiger partial charge in [-0.25, -0.2) is 4.98 Å². The lowest BCUT2D eigenvalue weighted by atomic mass is 10.3. The highest BCUT2D eigenvalue weighted by molar-refractivity contribution is 9.10. The number of aromatic nitrogens is 1. The number of hydrogen-bond donors (Lipinski definition) is 0. The molecule has 78 valence electrons. The molecule has 0 unspecified atom stereocenters. The molecule has 0 fully saturated rings. The van der Waals surface area contributed by atoms with E-state index in [0.29, 0.717) is 22.1 Å². The Bertz CT molecular complexity index is 441. The molecule has 1 heterocycles. The van der Waals surface area contributed by atoms with Crippen LogP contribution < -0.4 is 4.74 Å². The first-order valence-corrected chi connectivity index (χ1v) is 5.39. The largest absolute Gasteiger partial charge is 0.484 e. The lowest BCUT2D eigenvalue weighted by Gasteiger charge is -2.02. The number of oxazole rings is 1. The van der Waals surface area contributed by atoms with Crippen molar-refractivity contribution in [3.8, 4) is 5.75 Å². The minimum Gasteiger partial charge on any atom is -0.484 e. The number of rotatable bonds is 3. The molecule has 0 saturated carbocycles. The van der Waals surface area contributed by atoms with Gasteiger partial charge in [0.05, 0.1) is 0 Å². The van der Waals surface area contributed by atoms with Gasteiger partial charge < -0.3 is 9.15 Å². The Labute approximate surface area is 100 Å². The lowest BCUT2D eigenvalue weighted by Crippen LogP contribution is -1.95. The summed E-state index contributed by atoms with van der Waals surface area (Å²) >= 11 is 8.93. The van der Waals surface area contributed by atoms with E-state index in [-0.39, 0.29) is 0 Å². The van der Waals surface area contributed by atoms with Crippen molar-refractivity contribution in [2.45, 2.75) is 6.61 Å². The van der Waals surface area contributed by atoms with Gasteiger partial charge in [-0.2, -0.15) is 0 Å². The average Bonchev–Trinajstić information content (AvgIpc) is 2.64. The summed E-state index contributed by atoms with van der Waals surface area (Å²) in [5.74, 6) is 1.26. The van der Waals surface area contributed by atoms with E-state index < -0.39 is 0 Å². The van der Waals surface area contributed by atoms with Gasteiger partial charge in [0, 0.05) is 5.02 Å². The van der Waals surface area contributed by atoms with Crippen LogP contribution in [0.25, 0.3) is 0 Å². The van der Waals surface area contributed by atoms with Gasteiger partial charge in [0.15, 0.2) is 6.61 Å². The van der Waals surface area contributed by atoms with E-state index in [1.165, 1.54) is 6.26 Å². The van der Waals surface area contributed by atoms with Gasteiger partial charge >= 0.3 is 0 Å². The van der Waals surface area contributed by atoms with Crippen molar-refractivity contribution in [1.29, 1.82) is 0 Å². The molecule has 2 aromatic rings. The van der Waals surface area contributed by atoms with Gasteiger partial charge in [-0.15, -0.1) is 0 Å². The van der Waals surface area contributed by atoms with Gasteiger partial charge in [-0.1, -0.05) is 11.6 Å². The van der Waals surface area contributed by atoms with Crippen LogP contribution in [0.2, 0.25) is 5.02 Å². The molecule has 0 atom stereocenters. The van der Waals surface area contributed by atoms with E-state index in [1.54, 1.807) is 24.3 Å². The van der Waals surface area contributed by atoms with Crippen molar-refractivity contribution < 1.29 is 9.15 Å². The molecule has 0 amide bonds. The number of hydrogen-bond acceptors (Lipinski definition) is 3. The highest BCUT2D eigenvalue weighted by atomic mass is 79.9. The molecule has 1 aromatic heterocycles. The summed E-state index contributed by atoms with van der Waals surface area (Å²) in [6, 6.07) is 7.12. The van der Waals surface area contributed by atoms with Crippen LogP contribution in [0.3, 0.4) is 0 Å². The summed E-state index contributed by atoms with van der Waals surface area (Å²) in [5, 5.41) is 0.682. The van der Waals surface area contributed by atoms with Gasteiger partial charge in [-0.05, 0) is 40.2 Å². The molecule has 0 saturated heterocycles. The SMILES string of the molecule is Clc1ccc(OCc2nc(Br)co2)cc1. The van der Waals surface area contributed by atoms with Crippen LogP contribution >= 0.6 is 27.5 Å². The van der Waals surface area contributed by atoms with Crippen LogP contribution in [-0.2, 0) is 6.61 Å². The van der Waals surface area contributed by atoms with Crippen molar-refractivity contribution in [3.05, 3.63) is 46.0 Å². The van der Waals surface area contributed by atoms with E-state index >= 15 is 0 Å². The minimum absolute atomic E-state index is 0.299. The lowest BCUT2D eigenvalue weighted by molar-refractivity contribution is 0.263. The number of nitrogens with zero attached hydrogens (tertiary/aromatic N) is 1. The molecule has 0 bridgehead atoms. The fourth-order valence-electron chi connectivity index (χ4n) is 1.03. The predicted molar refractivity (Wildman–Crippen MR) is 60.0 cm³/mol. The zero-order valence-electron chi connectivity index (χ0n) is 7.61. The van der Waals surface area contributed by atoms with E-state index in [0.717, 1.165) is 5.75 Å². The molecule has 0 aliphatic carbocycles. The van der Waals surface area contributed by atoms with E-state index in [1.807, 2.05) is 0 Å². The topological polar surface area (TPSA) is 35.3 Å². The van der Waals surface area contributed by atoms with E-state index in [4.69, 9.17) is 20.8 Å². The van der Waals surface area contributed by atoms with Crippen LogP contribution in [0.4, 0.5) is 0 Å². The molecule has 0 spiro atoms. The number of halogens is 2. The Morgan fingerprint density at radius 2 is 2.07 bits per heavy atom. The van der Waals surface area contributed by atoms with Gasteiger partial charge in [0.25, 0.3) is 0 Å². The van der Waals surface area contributed by atoms with E-state index in [2.05, 4.69) is 20.9 Å². The molecule has 2 rings (SSSR count). The molecular weight excluding hydrogens is 281 g/mol. The predicted octanol–water partition coefficient (Wildman–Crippen LogP) is 3.67. The standard InChI is InChI=1S/C10H7BrClNO2/c11-9-5-15-10(13-9)6-14-8-3-1-7(12)2-4-8/h1-5H,6H2. The summed E-state index contributed by atoms with van der Waals surface area (Å²) in [7, 11) is 0. The summed E-state index contributed by atoms with van der Waals surface area (Å²) in [5.41, 5.74) is 0. The van der Waals surface area contributed by atoms with Crippen LogP contribution in [0.5, 0.6) is 5.75 Å². The maximum Gasteiger partial charge on any atom is 0.233 e. The second kappa shape index (κ2) is 4.68. The zero-order valence-corrected chi connectivity index (χ0v) is 9.96. The third-order valence-electron chi connectivity index (χ3n) is 1.70. The first-order valence-electron chi connectivity index (χ1n) is 4.22. The van der Waals surface area contributed by atoms with Gasteiger partial charge in [0.2, 0.25) is 5.89 Å². The fraction of sp³-hybridized carbons (Fsp3) is 0.100. The van der Waals surface area contributed by atoms with Crippen molar-refractivity contribution in [2.75, 3.05) is 0 Å². The van der Waals surface area contributed by atoms with Crippen molar-refractivity contribution in [1.82, 2.24) is 4.98 Å². The molecule has 1 aromatic carbocycles. The quantitative estimate of drug-likeness (QED) is 0.864. The summed E-state index contributed by atoms with van der Waals surface area (Å²) in [6.45, 7) is 0.299. The maximum atomic E-state index is 5.74. The number of benzene rings is 1. The summed E-state index contributed by atoms with van der Waals surface area (Å²) < 4.78 is 11.2. The highest BCUT2D eigenvalue weighted by Crippen LogP contribution is 2.17. The monoisotopic (exact) mass is 287 g/mol. The van der Waals surface area contributed by atoms with Crippen LogP contribution in [-0.4, -0.2) is 4.98 Å². The average molecular weight is 289 g/mol. The van der Waals surface area contributed by atoms with Crippen LogP contribution in [0.15, 0.2) is 39.5 Å². The van der Waals surface area contributed by atoms with Crippen LogP contribution in [0, 0.1) is 0 Å². The zero-order chi connectivity index (χ0) is 10.7. The van der Waals surface area contributed by atoms with Crippen molar-refractivity contribution in [2.24, 2.45) is 0 Å². The molecule has 0 aliphatic rings. The van der Waals surface area contributed by atoms with Crippen molar-refractivity contribution in [3.63, 3.8) is 0 Å².